The zero-order valence-corrected chi connectivity index (χ0v) is 33.8. The molecule has 3 aromatic carbocycles. The molecular weight excluding hydrogens is 683 g/mol. The molecule has 0 saturated carbocycles. The normalized spacial score (nSPS) is 11.3. The summed E-state index contributed by atoms with van der Waals surface area (Å²) in [5.41, 5.74) is 8.89. The van der Waals surface area contributed by atoms with E-state index in [9.17, 15) is 9.59 Å². The van der Waals surface area contributed by atoms with Gasteiger partial charge in [0.05, 0.1) is 12.8 Å². The van der Waals surface area contributed by atoms with Crippen molar-refractivity contribution in [2.45, 2.75) is 97.3 Å². The summed E-state index contributed by atoms with van der Waals surface area (Å²) in [5.74, 6) is 1.83. The van der Waals surface area contributed by atoms with E-state index in [1.165, 1.54) is 25.3 Å². The van der Waals surface area contributed by atoms with Crippen molar-refractivity contribution < 1.29 is 28.3 Å². The zero-order valence-electron chi connectivity index (χ0n) is 32.1. The topological polar surface area (TPSA) is 127 Å². The van der Waals surface area contributed by atoms with Crippen LogP contribution in [0.4, 0.5) is 0 Å². The first-order valence-electron chi connectivity index (χ1n) is 17.2. The number of rotatable bonds is 16. The second kappa shape index (κ2) is 25.1. The summed E-state index contributed by atoms with van der Waals surface area (Å²) < 4.78 is 24.4. The van der Waals surface area contributed by atoms with Crippen LogP contribution in [0.15, 0.2) is 82.7 Å². The van der Waals surface area contributed by atoms with Gasteiger partial charge in [-0.05, 0) is 86.8 Å². The van der Waals surface area contributed by atoms with E-state index in [1.54, 1.807) is 18.7 Å². The van der Waals surface area contributed by atoms with Crippen molar-refractivity contribution in [2.75, 3.05) is 20.5 Å². The Morgan fingerprint density at radius 2 is 1.55 bits per heavy atom. The smallest absolute Gasteiger partial charge is 0.322 e. The Labute approximate surface area is 310 Å². The van der Waals surface area contributed by atoms with Crippen molar-refractivity contribution in [3.63, 3.8) is 0 Å². The Bertz CT molecular complexity index is 1550. The van der Waals surface area contributed by atoms with E-state index in [1.807, 2.05) is 82.3 Å². The molecule has 0 aliphatic rings. The second-order valence-electron chi connectivity index (χ2n) is 10.9. The average Bonchev–Trinajstić information content (AvgIpc) is 3.48. The predicted octanol–water partition coefficient (Wildman–Crippen LogP) is 9.00. The lowest BCUT2D eigenvalue weighted by Gasteiger charge is -2.22. The number of esters is 1. The number of para-hydroxylation sites is 1. The molecule has 2 unspecified atom stereocenters. The third-order valence-corrected chi connectivity index (χ3v) is 9.29. The number of nitrogens with one attached hydrogen (secondary N) is 1. The van der Waals surface area contributed by atoms with E-state index < -0.39 is 14.3 Å². The molecule has 0 aliphatic carbocycles. The lowest BCUT2D eigenvalue weighted by Crippen LogP contribution is -2.33. The molecule has 280 valence electrons. The maximum Gasteiger partial charge on any atom is 0.322 e. The number of benzene rings is 3. The summed E-state index contributed by atoms with van der Waals surface area (Å²) in [6.45, 7) is 19.2. The standard InChI is InChI=1S/C34H40N3O6PS.2C2H6.CH5N/c1-23(2)32-33(45-30-17-24(3)16-25(4)18-30)37(31(35-32)20-41-21-38)19-27-12-14-28(15-13-27)42-22-44(36-26(5)34(39)40-6)43-29-10-8-7-9-11-29;3*1-2/h7-18,21,23,26,36H,19-20,22H2,1-6H3;2*1-2H3;2H2,1H3. The molecule has 10 nitrogen and oxygen atoms in total. The molecule has 2 atom stereocenters. The quantitative estimate of drug-likeness (QED) is 0.0653. The van der Waals surface area contributed by atoms with Gasteiger partial charge in [-0.2, -0.15) is 0 Å². The van der Waals surface area contributed by atoms with E-state index in [0.29, 0.717) is 30.3 Å². The molecule has 0 bridgehead atoms. The number of aromatic nitrogens is 2. The molecule has 0 amide bonds. The Morgan fingerprint density at radius 1 is 0.941 bits per heavy atom. The molecule has 4 rings (SSSR count). The van der Waals surface area contributed by atoms with Crippen LogP contribution in [-0.4, -0.2) is 48.5 Å². The van der Waals surface area contributed by atoms with Crippen LogP contribution in [0.1, 0.15) is 82.6 Å². The number of nitrogens with zero attached hydrogens (tertiary/aromatic N) is 2. The van der Waals surface area contributed by atoms with E-state index in [-0.39, 0.29) is 24.8 Å². The molecular formula is C39H57N4O6PS. The summed E-state index contributed by atoms with van der Waals surface area (Å²) in [6.07, 6.45) is 0.216. The molecule has 4 aromatic rings. The molecule has 0 spiro atoms. The Hall–Kier alpha value is -3.89. The largest absolute Gasteiger partial charge is 0.484 e. The van der Waals surface area contributed by atoms with Gasteiger partial charge in [0.2, 0.25) is 8.30 Å². The third kappa shape index (κ3) is 15.1. The minimum atomic E-state index is -1.36. The number of hydrogen-bond acceptors (Lipinski definition) is 10. The molecule has 0 fully saturated rings. The average molecular weight is 741 g/mol. The first kappa shape index (κ1) is 45.1. The van der Waals surface area contributed by atoms with Gasteiger partial charge in [-0.1, -0.05) is 89.7 Å². The van der Waals surface area contributed by atoms with Gasteiger partial charge in [-0.15, -0.1) is 0 Å². The van der Waals surface area contributed by atoms with Crippen molar-refractivity contribution in [3.05, 3.63) is 101 Å². The van der Waals surface area contributed by atoms with Crippen LogP contribution >= 0.6 is 20.1 Å². The lowest BCUT2D eigenvalue weighted by molar-refractivity contribution is -0.142. The van der Waals surface area contributed by atoms with Gasteiger partial charge in [0, 0.05) is 11.4 Å². The van der Waals surface area contributed by atoms with Crippen LogP contribution in [0, 0.1) is 13.8 Å². The minimum Gasteiger partial charge on any atom is -0.484 e. The van der Waals surface area contributed by atoms with Crippen molar-refractivity contribution >= 4 is 32.5 Å². The van der Waals surface area contributed by atoms with Gasteiger partial charge in [0.15, 0.2) is 6.35 Å². The highest BCUT2D eigenvalue weighted by molar-refractivity contribution is 7.99. The Balaban J connectivity index is 0.00000206. The number of imidazole rings is 1. The summed E-state index contributed by atoms with van der Waals surface area (Å²) in [4.78, 5) is 29.2. The molecule has 3 N–H and O–H groups in total. The van der Waals surface area contributed by atoms with Gasteiger partial charge in [-0.25, -0.2) is 10.1 Å². The first-order valence-corrected chi connectivity index (χ1v) is 19.5. The molecule has 1 heterocycles. The maximum absolute atomic E-state index is 12.0. The molecule has 1 aromatic heterocycles. The highest BCUT2D eigenvalue weighted by atomic mass is 32.2. The van der Waals surface area contributed by atoms with Crippen molar-refractivity contribution in [2.24, 2.45) is 5.73 Å². The van der Waals surface area contributed by atoms with E-state index in [0.717, 1.165) is 21.2 Å². The van der Waals surface area contributed by atoms with Gasteiger partial charge < -0.3 is 29.0 Å². The maximum atomic E-state index is 12.0. The summed E-state index contributed by atoms with van der Waals surface area (Å²) >= 11 is 1.67. The van der Waals surface area contributed by atoms with Crippen LogP contribution in [0.5, 0.6) is 11.5 Å². The van der Waals surface area contributed by atoms with Crippen LogP contribution in [-0.2, 0) is 32.2 Å². The zero-order chi connectivity index (χ0) is 38.3. The minimum absolute atomic E-state index is 0.0831. The number of carbonyl (C=O) groups is 2. The van der Waals surface area contributed by atoms with Crippen molar-refractivity contribution in [1.29, 1.82) is 0 Å². The predicted molar refractivity (Wildman–Crippen MR) is 210 cm³/mol. The number of carbonyl (C=O) groups excluding carboxylic acids is 2. The first-order chi connectivity index (χ1) is 24.7. The highest BCUT2D eigenvalue weighted by Gasteiger charge is 2.23. The van der Waals surface area contributed by atoms with Gasteiger partial charge in [0.25, 0.3) is 6.47 Å². The van der Waals surface area contributed by atoms with Crippen molar-refractivity contribution in [3.8, 4) is 11.5 Å². The summed E-state index contributed by atoms with van der Waals surface area (Å²) in [7, 11) is 1.49. The Morgan fingerprint density at radius 3 is 2.10 bits per heavy atom. The molecule has 0 saturated heterocycles. The molecule has 51 heavy (non-hydrogen) atoms. The number of methoxy groups -OCH3 is 1. The van der Waals surface area contributed by atoms with E-state index in [2.05, 4.69) is 61.3 Å². The fourth-order valence-electron chi connectivity index (χ4n) is 4.62. The van der Waals surface area contributed by atoms with Crippen LogP contribution in [0.2, 0.25) is 0 Å². The number of ether oxygens (including phenoxy) is 3. The van der Waals surface area contributed by atoms with E-state index in [4.69, 9.17) is 23.7 Å². The van der Waals surface area contributed by atoms with E-state index >= 15 is 0 Å². The lowest BCUT2D eigenvalue weighted by atomic mass is 10.1. The van der Waals surface area contributed by atoms with Gasteiger partial charge in [-0.3, -0.25) is 9.59 Å². The molecule has 0 radical (unpaired) electrons. The van der Waals surface area contributed by atoms with Crippen LogP contribution in [0.3, 0.4) is 0 Å². The van der Waals surface area contributed by atoms with Gasteiger partial charge in [0.1, 0.15) is 35.0 Å². The summed E-state index contributed by atoms with van der Waals surface area (Å²) in [5, 5.41) is 4.21. The molecule has 0 aliphatic heterocycles. The van der Waals surface area contributed by atoms with Crippen molar-refractivity contribution in [1.82, 2.24) is 14.6 Å². The van der Waals surface area contributed by atoms with Crippen LogP contribution in [0.25, 0.3) is 0 Å². The number of nitrogens with two attached hydrogens (primary N) is 1. The Kier molecular flexibility index (Phi) is 22.2. The van der Waals surface area contributed by atoms with Gasteiger partial charge >= 0.3 is 5.97 Å². The monoisotopic (exact) mass is 740 g/mol. The van der Waals surface area contributed by atoms with Crippen LogP contribution < -0.4 is 20.1 Å². The SMILES string of the molecule is CC.CC.CN.COC(=O)C(C)NP(COc1ccc(Cn2c(COC=O)nc(C(C)C)c2Sc2cc(C)cc(C)c2)cc1)Oc1ccccc1. The number of hydrogen-bond donors (Lipinski definition) is 2. The number of aryl methyl sites for hydroxylation is 2. The third-order valence-electron chi connectivity index (χ3n) is 6.73. The summed E-state index contributed by atoms with van der Waals surface area (Å²) in [6, 6.07) is 23.2. The molecule has 12 heteroatoms. The highest BCUT2D eigenvalue weighted by Crippen LogP contribution is 2.37. The second-order valence-corrected chi connectivity index (χ2v) is 13.4. The fraction of sp³-hybridized carbons (Fsp3) is 0.410. The fourth-order valence-corrected chi connectivity index (χ4v) is 7.36.